The van der Waals surface area contributed by atoms with Gasteiger partial charge in [-0.05, 0) is 17.7 Å². The van der Waals surface area contributed by atoms with Crippen LogP contribution in [0.4, 0.5) is 10.2 Å². The van der Waals surface area contributed by atoms with Gasteiger partial charge in [-0.15, -0.1) is 0 Å². The summed E-state index contributed by atoms with van der Waals surface area (Å²) in [5.41, 5.74) is -0.00799. The van der Waals surface area contributed by atoms with E-state index in [1.165, 1.54) is 28.8 Å². The third-order valence-electron chi connectivity index (χ3n) is 5.91. The third kappa shape index (κ3) is 3.70. The minimum absolute atomic E-state index is 0.0134. The summed E-state index contributed by atoms with van der Waals surface area (Å²) in [6.45, 7) is 1.05. The molecule has 1 aromatic heterocycles. The molecule has 1 atom stereocenters. The summed E-state index contributed by atoms with van der Waals surface area (Å²) in [4.78, 5) is 18.9. The van der Waals surface area contributed by atoms with Gasteiger partial charge in [0.15, 0.2) is 0 Å². The quantitative estimate of drug-likeness (QED) is 0.512. The molecule has 160 valence electrons. The lowest BCUT2D eigenvalue weighted by Crippen LogP contribution is -2.60. The highest BCUT2D eigenvalue weighted by atomic mass is 32.2. The standard InChI is InChI=1S/C18H20B2FN5O4S/c1-31(28,29)24-4-5-25-14(9-24)18(19,20)26-16(25)7-15(23-17(26)27)30-10-11-2-3-13(21)12(6-11)8-22/h2-3,6-7,14H,4-5,9-10,19-20H2,1H3. The maximum absolute atomic E-state index is 13.5. The summed E-state index contributed by atoms with van der Waals surface area (Å²) >= 11 is 0. The third-order valence-corrected chi connectivity index (χ3v) is 7.18. The van der Waals surface area contributed by atoms with Gasteiger partial charge < -0.3 is 9.64 Å². The van der Waals surface area contributed by atoms with E-state index in [-0.39, 0.29) is 30.6 Å². The van der Waals surface area contributed by atoms with Crippen LogP contribution in [0.2, 0.25) is 0 Å². The summed E-state index contributed by atoms with van der Waals surface area (Å²) in [5.74, 6) is 0.123. The van der Waals surface area contributed by atoms with Crippen LogP contribution in [0.3, 0.4) is 0 Å². The van der Waals surface area contributed by atoms with E-state index in [4.69, 9.17) is 10.00 Å². The van der Waals surface area contributed by atoms with E-state index in [0.717, 1.165) is 0 Å². The van der Waals surface area contributed by atoms with E-state index < -0.39 is 26.9 Å². The molecule has 3 heterocycles. The molecule has 2 aliphatic rings. The largest absolute Gasteiger partial charge is 0.473 e. The predicted octanol–water partition coefficient (Wildman–Crippen LogP) is -1.83. The number of halogens is 1. The number of nitrogens with zero attached hydrogens (tertiary/aromatic N) is 5. The number of piperazine rings is 1. The fourth-order valence-electron chi connectivity index (χ4n) is 4.27. The van der Waals surface area contributed by atoms with Crippen molar-refractivity contribution in [3.05, 3.63) is 51.7 Å². The Labute approximate surface area is 180 Å². The fraction of sp³-hybridized carbons (Fsp3) is 0.389. The van der Waals surface area contributed by atoms with Gasteiger partial charge in [-0.25, -0.2) is 17.6 Å². The number of aromatic nitrogens is 2. The highest BCUT2D eigenvalue weighted by molar-refractivity contribution is 7.88. The van der Waals surface area contributed by atoms with E-state index >= 15 is 0 Å². The number of anilines is 1. The fourth-order valence-corrected chi connectivity index (χ4v) is 5.09. The van der Waals surface area contributed by atoms with Gasteiger partial charge >= 0.3 is 5.69 Å². The Kier molecular flexibility index (Phi) is 5.10. The molecule has 1 unspecified atom stereocenters. The first-order chi connectivity index (χ1) is 14.5. The molecular weight excluding hydrogens is 423 g/mol. The van der Waals surface area contributed by atoms with Crippen molar-refractivity contribution in [3.63, 3.8) is 0 Å². The molecule has 1 aromatic carbocycles. The van der Waals surface area contributed by atoms with Crippen LogP contribution in [0.5, 0.6) is 5.88 Å². The molecule has 0 saturated carbocycles. The summed E-state index contributed by atoms with van der Waals surface area (Å²) < 4.78 is 46.2. The molecule has 2 aromatic rings. The van der Waals surface area contributed by atoms with Gasteiger partial charge in [0.2, 0.25) is 15.9 Å². The smallest absolute Gasteiger partial charge is 0.351 e. The minimum Gasteiger partial charge on any atom is -0.473 e. The molecule has 1 saturated heterocycles. The summed E-state index contributed by atoms with van der Waals surface area (Å²) in [7, 11) is 0.436. The molecule has 0 amide bonds. The first kappa shape index (κ1) is 21.4. The van der Waals surface area contributed by atoms with E-state index in [9.17, 15) is 17.6 Å². The predicted molar refractivity (Wildman–Crippen MR) is 117 cm³/mol. The summed E-state index contributed by atoms with van der Waals surface area (Å²) in [6.07, 6.45) is 1.19. The number of nitriles is 1. The van der Waals surface area contributed by atoms with Crippen molar-refractivity contribution in [2.24, 2.45) is 0 Å². The zero-order chi connectivity index (χ0) is 22.6. The van der Waals surface area contributed by atoms with Crippen LogP contribution in [0.25, 0.3) is 0 Å². The van der Waals surface area contributed by atoms with Crippen molar-refractivity contribution in [1.29, 1.82) is 5.26 Å². The summed E-state index contributed by atoms with van der Waals surface area (Å²) in [6, 6.07) is 7.29. The second-order valence-electron chi connectivity index (χ2n) is 8.27. The van der Waals surface area contributed by atoms with Crippen molar-refractivity contribution in [2.75, 3.05) is 30.8 Å². The molecule has 13 heteroatoms. The van der Waals surface area contributed by atoms with Gasteiger partial charge in [0.25, 0.3) is 0 Å². The first-order valence-corrected chi connectivity index (χ1v) is 11.5. The van der Waals surface area contributed by atoms with Gasteiger partial charge in [0.05, 0.1) is 17.9 Å². The molecule has 0 bridgehead atoms. The maximum atomic E-state index is 13.5. The molecule has 31 heavy (non-hydrogen) atoms. The van der Waals surface area contributed by atoms with Gasteiger partial charge in [-0.2, -0.15) is 14.6 Å². The Morgan fingerprint density at radius 2 is 2.10 bits per heavy atom. The Morgan fingerprint density at radius 3 is 2.77 bits per heavy atom. The number of fused-ring (bicyclic) bond motifs is 3. The molecule has 2 aliphatic heterocycles. The highest BCUT2D eigenvalue weighted by Crippen LogP contribution is 2.37. The van der Waals surface area contributed by atoms with E-state index in [0.29, 0.717) is 24.5 Å². The Hall–Kier alpha value is -2.84. The lowest BCUT2D eigenvalue weighted by molar-refractivity contribution is 0.291. The molecule has 0 spiro atoms. The SMILES string of the molecule is BC1(B)C2CN(S(C)(=O)=O)CCN2c2cc(OCc3ccc(F)c(C#N)c3)nc(=O)n21. The topological polar surface area (TPSA) is 109 Å². The molecule has 9 nitrogen and oxygen atoms in total. The number of benzene rings is 1. The number of hydrogen-bond donors (Lipinski definition) is 0. The maximum Gasteiger partial charge on any atom is 0.351 e. The molecule has 0 radical (unpaired) electrons. The average molecular weight is 443 g/mol. The highest BCUT2D eigenvalue weighted by Gasteiger charge is 2.48. The van der Waals surface area contributed by atoms with Crippen molar-refractivity contribution in [3.8, 4) is 11.9 Å². The van der Waals surface area contributed by atoms with Crippen LogP contribution in [0.1, 0.15) is 11.1 Å². The Morgan fingerprint density at radius 1 is 1.35 bits per heavy atom. The van der Waals surface area contributed by atoms with Gasteiger partial charge in [-0.1, -0.05) is 6.07 Å². The van der Waals surface area contributed by atoms with Crippen molar-refractivity contribution in [2.45, 2.75) is 18.0 Å². The van der Waals surface area contributed by atoms with Crippen LogP contribution in [0, 0.1) is 17.1 Å². The van der Waals surface area contributed by atoms with Crippen molar-refractivity contribution >= 4 is 31.5 Å². The zero-order valence-electron chi connectivity index (χ0n) is 17.4. The lowest BCUT2D eigenvalue weighted by Gasteiger charge is -2.41. The Bertz CT molecular complexity index is 1260. The van der Waals surface area contributed by atoms with Gasteiger partial charge in [-0.3, -0.25) is 4.57 Å². The first-order valence-electron chi connectivity index (χ1n) is 9.70. The van der Waals surface area contributed by atoms with Crippen LogP contribution in [0.15, 0.2) is 29.1 Å². The number of hydrogen-bond acceptors (Lipinski definition) is 7. The lowest BCUT2D eigenvalue weighted by atomic mass is 9.57. The molecular formula is C18H20B2FN5O4S. The molecule has 1 fully saturated rings. The second-order valence-corrected chi connectivity index (χ2v) is 10.3. The molecule has 4 rings (SSSR count). The van der Waals surface area contributed by atoms with Crippen LogP contribution < -0.4 is 15.3 Å². The van der Waals surface area contributed by atoms with E-state index in [1.54, 1.807) is 16.7 Å². The van der Waals surface area contributed by atoms with Gasteiger partial charge in [0.1, 0.15) is 40.0 Å². The van der Waals surface area contributed by atoms with Crippen LogP contribution in [-0.2, 0) is 22.0 Å². The number of sulfonamides is 1. The van der Waals surface area contributed by atoms with Crippen molar-refractivity contribution in [1.82, 2.24) is 13.9 Å². The number of ether oxygens (including phenoxy) is 1. The molecule has 0 aliphatic carbocycles. The van der Waals surface area contributed by atoms with E-state index in [1.807, 2.05) is 20.6 Å². The normalized spacial score (nSPS) is 20.0. The Balaban J connectivity index is 1.62. The van der Waals surface area contributed by atoms with Gasteiger partial charge in [0, 0.05) is 31.0 Å². The van der Waals surface area contributed by atoms with E-state index in [2.05, 4.69) is 4.98 Å². The molecule has 0 N–H and O–H groups in total. The minimum atomic E-state index is -3.34. The van der Waals surface area contributed by atoms with Crippen molar-refractivity contribution < 1.29 is 17.5 Å². The van der Waals surface area contributed by atoms with Crippen LogP contribution in [-0.4, -0.2) is 69.9 Å². The second kappa shape index (κ2) is 7.39. The zero-order valence-corrected chi connectivity index (χ0v) is 18.2. The van der Waals surface area contributed by atoms with Crippen LogP contribution >= 0.6 is 0 Å². The summed E-state index contributed by atoms with van der Waals surface area (Å²) in [5, 5.41) is 8.30. The number of rotatable bonds is 4. The monoisotopic (exact) mass is 443 g/mol. The average Bonchev–Trinajstić information content (AvgIpc) is 2.94.